The zero-order valence-electron chi connectivity index (χ0n) is 17.2. The molecule has 0 saturated heterocycles. The zero-order valence-corrected chi connectivity index (χ0v) is 18.8. The molecule has 4 rings (SSSR count). The van der Waals surface area contributed by atoms with Gasteiger partial charge in [0, 0.05) is 11.4 Å². The molecule has 0 saturated carbocycles. The van der Waals surface area contributed by atoms with Gasteiger partial charge in [0.05, 0.1) is 5.75 Å². The zero-order chi connectivity index (χ0) is 21.3. The minimum absolute atomic E-state index is 0.0346. The van der Waals surface area contributed by atoms with Crippen LogP contribution in [0.3, 0.4) is 0 Å². The van der Waals surface area contributed by atoms with E-state index in [-0.39, 0.29) is 5.75 Å². The van der Waals surface area contributed by atoms with Crippen molar-refractivity contribution in [2.45, 2.75) is 55.6 Å². The van der Waals surface area contributed by atoms with Crippen LogP contribution in [0.15, 0.2) is 28.5 Å². The van der Waals surface area contributed by atoms with Crippen molar-refractivity contribution in [3.8, 4) is 0 Å². The first-order valence-electron chi connectivity index (χ1n) is 10.1. The van der Waals surface area contributed by atoms with Gasteiger partial charge in [-0.3, -0.25) is 0 Å². The summed E-state index contributed by atoms with van der Waals surface area (Å²) in [5, 5.41) is 0.756. The molecule has 10 heteroatoms. The highest BCUT2D eigenvalue weighted by Crippen LogP contribution is 2.36. The topological polar surface area (TPSA) is 116 Å². The Bertz CT molecular complexity index is 1190. The highest BCUT2D eigenvalue weighted by Gasteiger charge is 2.20. The summed E-state index contributed by atoms with van der Waals surface area (Å²) in [6.45, 7) is 2.64. The number of nitrogens with one attached hydrogen (secondary N) is 1. The van der Waals surface area contributed by atoms with Gasteiger partial charge in [0.1, 0.15) is 6.33 Å². The Morgan fingerprint density at radius 3 is 2.73 bits per heavy atom. The highest BCUT2D eigenvalue weighted by molar-refractivity contribution is 7.99. The molecular formula is C20H26N6O2S2. The van der Waals surface area contributed by atoms with Crippen molar-refractivity contribution >= 4 is 38.8 Å². The number of rotatable bonds is 8. The molecule has 0 atom stereocenters. The van der Waals surface area contributed by atoms with E-state index in [9.17, 15) is 8.42 Å². The fourth-order valence-corrected chi connectivity index (χ4v) is 5.72. The maximum Gasteiger partial charge on any atom is 0.211 e. The van der Waals surface area contributed by atoms with E-state index >= 15 is 0 Å². The molecule has 0 spiro atoms. The van der Waals surface area contributed by atoms with Crippen molar-refractivity contribution in [1.29, 1.82) is 0 Å². The van der Waals surface area contributed by atoms with Gasteiger partial charge in [-0.2, -0.15) is 0 Å². The van der Waals surface area contributed by atoms with Crippen LogP contribution in [0.5, 0.6) is 0 Å². The average molecular weight is 447 g/mol. The predicted octanol–water partition coefficient (Wildman–Crippen LogP) is 2.55. The summed E-state index contributed by atoms with van der Waals surface area (Å²) in [7, 11) is -1.84. The number of hydrogen-bond donors (Lipinski definition) is 2. The normalized spacial score (nSPS) is 13.8. The third-order valence-corrected chi connectivity index (χ3v) is 8.03. The van der Waals surface area contributed by atoms with Gasteiger partial charge in [0.25, 0.3) is 0 Å². The van der Waals surface area contributed by atoms with Crippen molar-refractivity contribution in [3.63, 3.8) is 0 Å². The van der Waals surface area contributed by atoms with E-state index < -0.39 is 10.0 Å². The third-order valence-electron chi connectivity index (χ3n) is 5.49. The predicted molar refractivity (Wildman–Crippen MR) is 119 cm³/mol. The number of hydrogen-bond acceptors (Lipinski definition) is 7. The minimum atomic E-state index is -3.27. The number of benzene rings is 1. The van der Waals surface area contributed by atoms with Crippen molar-refractivity contribution in [1.82, 2.24) is 24.2 Å². The maximum absolute atomic E-state index is 11.8. The Hall–Kier alpha value is -2.17. The summed E-state index contributed by atoms with van der Waals surface area (Å²) in [5.74, 6) is 0.362. The van der Waals surface area contributed by atoms with Crippen LogP contribution in [0.4, 0.5) is 5.82 Å². The number of nitrogens with two attached hydrogens (primary N) is 1. The molecule has 8 nitrogen and oxygen atoms in total. The Balaban J connectivity index is 1.71. The van der Waals surface area contributed by atoms with Crippen molar-refractivity contribution in [2.24, 2.45) is 0 Å². The van der Waals surface area contributed by atoms with Gasteiger partial charge in [0.15, 0.2) is 22.1 Å². The first-order chi connectivity index (χ1) is 14.4. The lowest BCUT2D eigenvalue weighted by atomic mass is 10.0. The molecule has 30 heavy (non-hydrogen) atoms. The van der Waals surface area contributed by atoms with E-state index in [2.05, 4.69) is 33.7 Å². The fraction of sp³-hybridized carbons (Fsp3) is 0.450. The number of aryl methyl sites for hydroxylation is 4. The quantitative estimate of drug-likeness (QED) is 0.546. The molecule has 1 aromatic carbocycles. The first kappa shape index (κ1) is 21.1. The summed E-state index contributed by atoms with van der Waals surface area (Å²) in [5.41, 5.74) is 11.4. The second-order valence-electron chi connectivity index (χ2n) is 7.39. The van der Waals surface area contributed by atoms with Crippen LogP contribution < -0.4 is 10.5 Å². The Morgan fingerprint density at radius 2 is 2.00 bits per heavy atom. The van der Waals surface area contributed by atoms with E-state index in [4.69, 9.17) is 10.7 Å². The van der Waals surface area contributed by atoms with Crippen LogP contribution in [0.2, 0.25) is 0 Å². The molecule has 2 aromatic heterocycles. The molecule has 1 aliphatic carbocycles. The van der Waals surface area contributed by atoms with Crippen molar-refractivity contribution in [3.05, 3.63) is 35.2 Å². The minimum Gasteiger partial charge on any atom is -0.382 e. The van der Waals surface area contributed by atoms with Gasteiger partial charge in [-0.1, -0.05) is 24.8 Å². The smallest absolute Gasteiger partial charge is 0.211 e. The van der Waals surface area contributed by atoms with E-state index in [0.29, 0.717) is 29.9 Å². The molecule has 0 amide bonds. The second kappa shape index (κ2) is 8.52. The molecule has 0 radical (unpaired) electrons. The van der Waals surface area contributed by atoms with Crippen LogP contribution >= 0.6 is 11.8 Å². The first-order valence-corrected chi connectivity index (χ1v) is 12.6. The molecule has 3 aromatic rings. The molecule has 0 bridgehead atoms. The lowest BCUT2D eigenvalue weighted by Gasteiger charge is -2.12. The van der Waals surface area contributed by atoms with Crippen molar-refractivity contribution < 1.29 is 8.42 Å². The van der Waals surface area contributed by atoms with Gasteiger partial charge in [-0.15, -0.1) is 0 Å². The Kier molecular flexibility index (Phi) is 5.99. The number of imidazole rings is 1. The molecule has 3 N–H and O–H groups in total. The van der Waals surface area contributed by atoms with Crippen LogP contribution in [0.25, 0.3) is 11.2 Å². The van der Waals surface area contributed by atoms with Crippen LogP contribution in [-0.4, -0.2) is 40.7 Å². The van der Waals surface area contributed by atoms with Gasteiger partial charge in [-0.25, -0.2) is 28.1 Å². The number of nitrogens with zero attached hydrogens (tertiary/aromatic N) is 4. The maximum atomic E-state index is 11.8. The standard InChI is InChI=1S/C20H26N6O2S2/c1-3-13-10-14-6-4-7-15(14)11-16(13)29-20-25-17-18(21)23-12-24-19(17)26(20)8-5-9-30(27,28)22-2/h10-12,22H,3-9H2,1-2H3,(H2,21,23,24). The summed E-state index contributed by atoms with van der Waals surface area (Å²) < 4.78 is 28.0. The van der Waals surface area contributed by atoms with Gasteiger partial charge in [-0.05, 0) is 61.9 Å². The molecule has 0 fully saturated rings. The second-order valence-corrected chi connectivity index (χ2v) is 10.4. The Morgan fingerprint density at radius 1 is 1.23 bits per heavy atom. The van der Waals surface area contributed by atoms with Crippen molar-refractivity contribution in [2.75, 3.05) is 18.5 Å². The number of aromatic nitrogens is 4. The highest BCUT2D eigenvalue weighted by atomic mass is 32.2. The molecule has 0 aliphatic heterocycles. The van der Waals surface area contributed by atoms with Crippen LogP contribution in [0.1, 0.15) is 36.5 Å². The lowest BCUT2D eigenvalue weighted by Crippen LogP contribution is -2.22. The number of sulfonamides is 1. The van der Waals surface area contributed by atoms with Crippen LogP contribution in [0, 0.1) is 0 Å². The number of anilines is 1. The van der Waals surface area contributed by atoms with Crippen LogP contribution in [-0.2, 0) is 35.8 Å². The molecule has 160 valence electrons. The summed E-state index contributed by atoms with van der Waals surface area (Å²) >= 11 is 1.59. The Labute approximate surface area is 180 Å². The van der Waals surface area contributed by atoms with E-state index in [0.717, 1.165) is 24.4 Å². The van der Waals surface area contributed by atoms with E-state index in [1.54, 1.807) is 11.8 Å². The summed E-state index contributed by atoms with van der Waals surface area (Å²) in [6.07, 6.45) is 6.27. The van der Waals surface area contributed by atoms with Gasteiger partial charge >= 0.3 is 0 Å². The average Bonchev–Trinajstić information content (AvgIpc) is 3.32. The third kappa shape index (κ3) is 4.17. The van der Waals surface area contributed by atoms with Gasteiger partial charge in [0.2, 0.25) is 10.0 Å². The molecular weight excluding hydrogens is 420 g/mol. The lowest BCUT2D eigenvalue weighted by molar-refractivity contribution is 0.574. The molecule has 0 unspecified atom stereocenters. The summed E-state index contributed by atoms with van der Waals surface area (Å²) in [4.78, 5) is 14.3. The number of nitrogen functional groups attached to an aromatic ring is 1. The summed E-state index contributed by atoms with van der Waals surface area (Å²) in [6, 6.07) is 4.61. The van der Waals surface area contributed by atoms with Gasteiger partial charge < -0.3 is 10.3 Å². The van der Waals surface area contributed by atoms with E-state index in [1.165, 1.54) is 41.4 Å². The number of fused-ring (bicyclic) bond motifs is 2. The van der Waals surface area contributed by atoms with E-state index in [1.807, 2.05) is 4.57 Å². The fourth-order valence-electron chi connectivity index (χ4n) is 3.85. The SMILES string of the molecule is CCc1cc2c(cc1Sc1nc3c(N)ncnc3n1CCCS(=O)(=O)NC)CCC2. The molecule has 2 heterocycles. The largest absolute Gasteiger partial charge is 0.382 e. The molecule has 1 aliphatic rings. The monoisotopic (exact) mass is 446 g/mol.